The maximum atomic E-state index is 12.9. The number of carbonyl (C=O) groups excluding carboxylic acids is 1. The average Bonchev–Trinajstić information content (AvgIpc) is 3.33. The van der Waals surface area contributed by atoms with Crippen LogP contribution in [-0.4, -0.2) is 40.9 Å². The van der Waals surface area contributed by atoms with E-state index in [2.05, 4.69) is 28.7 Å². The third kappa shape index (κ3) is 3.69. The van der Waals surface area contributed by atoms with E-state index < -0.39 is 0 Å². The second kappa shape index (κ2) is 7.90. The van der Waals surface area contributed by atoms with Crippen LogP contribution in [0.4, 0.5) is 0 Å². The lowest BCUT2D eigenvalue weighted by Crippen LogP contribution is -2.47. The minimum absolute atomic E-state index is 0. The van der Waals surface area contributed by atoms with Gasteiger partial charge in [0, 0.05) is 43.7 Å². The van der Waals surface area contributed by atoms with Gasteiger partial charge in [-0.2, -0.15) is 5.10 Å². The number of carbonyl (C=O) groups is 1. The van der Waals surface area contributed by atoms with Gasteiger partial charge in [-0.05, 0) is 18.6 Å². The van der Waals surface area contributed by atoms with Gasteiger partial charge in [0.1, 0.15) is 11.9 Å². The lowest BCUT2D eigenvalue weighted by molar-refractivity contribution is -0.126. The van der Waals surface area contributed by atoms with Gasteiger partial charge >= 0.3 is 0 Å². The van der Waals surface area contributed by atoms with Crippen LogP contribution in [0.1, 0.15) is 36.8 Å². The number of hydrogen-bond acceptors (Lipinski definition) is 4. The van der Waals surface area contributed by atoms with Crippen LogP contribution in [0.25, 0.3) is 0 Å². The molecule has 0 bridgehead atoms. The molecule has 1 saturated heterocycles. The summed E-state index contributed by atoms with van der Waals surface area (Å²) in [6.07, 6.45) is 3.82. The number of ether oxygens (including phenoxy) is 1. The average molecular weight is 391 g/mol. The number of nitrogens with zero attached hydrogens (tertiary/aromatic N) is 2. The molecule has 2 aliphatic heterocycles. The fraction of sp³-hybridized carbons (Fsp3) is 0.500. The van der Waals surface area contributed by atoms with Crippen molar-refractivity contribution in [3.63, 3.8) is 0 Å². The van der Waals surface area contributed by atoms with Crippen molar-refractivity contribution in [3.05, 3.63) is 47.8 Å². The molecule has 7 heteroatoms. The van der Waals surface area contributed by atoms with Crippen molar-refractivity contribution in [2.24, 2.45) is 13.0 Å². The molecular formula is C20H27ClN4O2. The van der Waals surface area contributed by atoms with Gasteiger partial charge in [-0.15, -0.1) is 12.4 Å². The zero-order valence-corrected chi connectivity index (χ0v) is 16.7. The third-order valence-electron chi connectivity index (χ3n) is 5.73. The van der Waals surface area contributed by atoms with Gasteiger partial charge in [-0.25, -0.2) is 0 Å². The van der Waals surface area contributed by atoms with Gasteiger partial charge in [-0.1, -0.05) is 25.1 Å². The molecule has 0 spiro atoms. The van der Waals surface area contributed by atoms with E-state index in [9.17, 15) is 4.79 Å². The molecule has 0 aliphatic carbocycles. The second-order valence-corrected chi connectivity index (χ2v) is 7.52. The molecule has 2 N–H and O–H groups in total. The first-order valence-corrected chi connectivity index (χ1v) is 9.30. The first kappa shape index (κ1) is 19.7. The van der Waals surface area contributed by atoms with E-state index in [0.29, 0.717) is 6.54 Å². The van der Waals surface area contributed by atoms with Crippen molar-refractivity contribution in [2.45, 2.75) is 37.8 Å². The minimum atomic E-state index is -0.0827. The molecule has 146 valence electrons. The number of benzene rings is 1. The Morgan fingerprint density at radius 3 is 2.85 bits per heavy atom. The molecule has 2 aliphatic rings. The molecule has 27 heavy (non-hydrogen) atoms. The summed E-state index contributed by atoms with van der Waals surface area (Å²) in [5.41, 5.74) is 2.33. The molecule has 2 aromatic rings. The van der Waals surface area contributed by atoms with Crippen LogP contribution in [0, 0.1) is 5.92 Å². The fourth-order valence-corrected chi connectivity index (χ4v) is 4.27. The Bertz CT molecular complexity index is 809. The van der Waals surface area contributed by atoms with Gasteiger partial charge in [0.05, 0.1) is 18.2 Å². The quantitative estimate of drug-likeness (QED) is 0.839. The highest BCUT2D eigenvalue weighted by Crippen LogP contribution is 2.39. The van der Waals surface area contributed by atoms with Crippen molar-refractivity contribution < 1.29 is 9.53 Å². The highest BCUT2D eigenvalue weighted by atomic mass is 35.5. The Balaban J connectivity index is 0.00000210. The van der Waals surface area contributed by atoms with E-state index in [4.69, 9.17) is 4.74 Å². The van der Waals surface area contributed by atoms with Crippen LogP contribution in [0.5, 0.6) is 5.75 Å². The number of halogens is 1. The second-order valence-electron chi connectivity index (χ2n) is 7.52. The van der Waals surface area contributed by atoms with Crippen LogP contribution >= 0.6 is 12.4 Å². The molecule has 1 fully saturated rings. The Kier molecular flexibility index (Phi) is 5.77. The number of hydrogen-bond donors (Lipinski definition) is 2. The lowest BCUT2D eigenvalue weighted by Gasteiger charge is -2.26. The number of rotatable bonds is 4. The first-order chi connectivity index (χ1) is 12.5. The summed E-state index contributed by atoms with van der Waals surface area (Å²) < 4.78 is 7.90. The smallest absolute Gasteiger partial charge is 0.225 e. The van der Waals surface area contributed by atoms with Crippen molar-refractivity contribution in [1.29, 1.82) is 0 Å². The summed E-state index contributed by atoms with van der Waals surface area (Å²) >= 11 is 0. The monoisotopic (exact) mass is 390 g/mol. The largest absolute Gasteiger partial charge is 0.487 e. The predicted octanol–water partition coefficient (Wildman–Crippen LogP) is 2.21. The van der Waals surface area contributed by atoms with Crippen LogP contribution in [0.3, 0.4) is 0 Å². The number of amides is 1. The van der Waals surface area contributed by atoms with Crippen molar-refractivity contribution in [3.8, 4) is 5.75 Å². The molecule has 3 unspecified atom stereocenters. The normalized spacial score (nSPS) is 27.4. The van der Waals surface area contributed by atoms with Crippen LogP contribution in [0.15, 0.2) is 36.7 Å². The summed E-state index contributed by atoms with van der Waals surface area (Å²) in [6.45, 7) is 5.69. The van der Waals surface area contributed by atoms with E-state index in [0.717, 1.165) is 17.9 Å². The highest BCUT2D eigenvalue weighted by Gasteiger charge is 2.39. The van der Waals surface area contributed by atoms with Crippen LogP contribution in [-0.2, 0) is 11.8 Å². The van der Waals surface area contributed by atoms with Gasteiger partial charge in [0.25, 0.3) is 0 Å². The van der Waals surface area contributed by atoms with Gasteiger partial charge in [0.2, 0.25) is 5.91 Å². The zero-order valence-electron chi connectivity index (χ0n) is 15.9. The molecule has 4 rings (SSSR count). The Morgan fingerprint density at radius 2 is 2.15 bits per heavy atom. The molecule has 5 atom stereocenters. The van der Waals surface area contributed by atoms with Crippen LogP contribution in [0.2, 0.25) is 0 Å². The van der Waals surface area contributed by atoms with Gasteiger partial charge in [0.15, 0.2) is 0 Å². The molecule has 1 amide bonds. The van der Waals surface area contributed by atoms with Crippen molar-refractivity contribution >= 4 is 18.3 Å². The van der Waals surface area contributed by atoms with Gasteiger partial charge in [-0.3, -0.25) is 9.48 Å². The summed E-state index contributed by atoms with van der Waals surface area (Å²) in [6, 6.07) is 8.07. The standard InChI is InChI=1S/C20H26N4O2.ClH/c1-12-15-6-4-5-7-18(15)26-19(12)13(2)23-20(25)17-10-21-9-16(17)14-8-22-24(3)11-14;/h4-8,11-13,16-17,19,21H,9-10H2,1-3H3,(H,23,25);1H/t12?,13?,16-,17+,19?;/m1./s1. The summed E-state index contributed by atoms with van der Waals surface area (Å²) in [7, 11) is 1.90. The topological polar surface area (TPSA) is 68.2 Å². The van der Waals surface area contributed by atoms with Crippen LogP contribution < -0.4 is 15.4 Å². The minimum Gasteiger partial charge on any atom is -0.487 e. The van der Waals surface area contributed by atoms with E-state index in [1.165, 1.54) is 5.56 Å². The summed E-state index contributed by atoms with van der Waals surface area (Å²) in [5.74, 6) is 1.36. The maximum absolute atomic E-state index is 12.9. The summed E-state index contributed by atoms with van der Waals surface area (Å²) in [4.78, 5) is 12.9. The fourth-order valence-electron chi connectivity index (χ4n) is 4.27. The Labute approximate surface area is 166 Å². The molecule has 0 radical (unpaired) electrons. The Hall–Kier alpha value is -2.05. The SMILES string of the molecule is CC(NC(=O)[C@H]1CNC[C@@H]1c1cnn(C)c1)C1Oc2ccccc2C1C.Cl. The summed E-state index contributed by atoms with van der Waals surface area (Å²) in [5, 5.41) is 10.8. The number of aromatic nitrogens is 2. The number of nitrogens with one attached hydrogen (secondary N) is 2. The van der Waals surface area contributed by atoms with E-state index in [1.807, 2.05) is 44.6 Å². The molecule has 3 heterocycles. The maximum Gasteiger partial charge on any atom is 0.225 e. The number of fused-ring (bicyclic) bond motifs is 1. The van der Waals surface area contributed by atoms with Gasteiger partial charge < -0.3 is 15.4 Å². The van der Waals surface area contributed by atoms with Crippen molar-refractivity contribution in [2.75, 3.05) is 13.1 Å². The molecule has 1 aromatic carbocycles. The Morgan fingerprint density at radius 1 is 1.37 bits per heavy atom. The molecule has 0 saturated carbocycles. The zero-order chi connectivity index (χ0) is 18.3. The predicted molar refractivity (Wildman–Crippen MR) is 106 cm³/mol. The number of para-hydroxylation sites is 1. The lowest BCUT2D eigenvalue weighted by atomic mass is 9.89. The molecule has 1 aromatic heterocycles. The van der Waals surface area contributed by atoms with E-state index in [1.54, 1.807) is 4.68 Å². The van der Waals surface area contributed by atoms with E-state index >= 15 is 0 Å². The number of aryl methyl sites for hydroxylation is 1. The third-order valence-corrected chi connectivity index (χ3v) is 5.73. The first-order valence-electron chi connectivity index (χ1n) is 9.30. The molecular weight excluding hydrogens is 364 g/mol. The highest BCUT2D eigenvalue weighted by molar-refractivity contribution is 5.85. The van der Waals surface area contributed by atoms with Crippen molar-refractivity contribution in [1.82, 2.24) is 20.4 Å². The molecule has 6 nitrogen and oxygen atoms in total. The van der Waals surface area contributed by atoms with E-state index in [-0.39, 0.29) is 48.2 Å².